The second kappa shape index (κ2) is 8.15. The quantitative estimate of drug-likeness (QED) is 0.627. The maximum Gasteiger partial charge on any atom is 0.163 e. The molecule has 0 amide bonds. The number of aryl methyl sites for hydroxylation is 1. The molecule has 30 heavy (non-hydrogen) atoms. The van der Waals surface area contributed by atoms with Crippen molar-refractivity contribution in [2.45, 2.75) is 38.6 Å². The first-order valence-corrected chi connectivity index (χ1v) is 11.0. The van der Waals surface area contributed by atoms with Crippen LogP contribution >= 0.6 is 0 Å². The van der Waals surface area contributed by atoms with Crippen LogP contribution in [0.5, 0.6) is 0 Å². The van der Waals surface area contributed by atoms with Crippen molar-refractivity contribution in [3.05, 3.63) is 71.7 Å². The van der Waals surface area contributed by atoms with E-state index in [1.165, 1.54) is 24.1 Å². The van der Waals surface area contributed by atoms with E-state index in [4.69, 9.17) is 4.98 Å². The molecule has 1 aliphatic heterocycles. The van der Waals surface area contributed by atoms with E-state index in [1.807, 2.05) is 6.20 Å². The summed E-state index contributed by atoms with van der Waals surface area (Å²) in [5.74, 6) is 2.47. The Morgan fingerprint density at radius 2 is 1.70 bits per heavy atom. The zero-order valence-corrected chi connectivity index (χ0v) is 17.8. The zero-order valence-electron chi connectivity index (χ0n) is 17.8. The lowest BCUT2D eigenvalue weighted by atomic mass is 10.1. The summed E-state index contributed by atoms with van der Waals surface area (Å²) in [6.07, 6.45) is 4.48. The van der Waals surface area contributed by atoms with E-state index in [1.54, 1.807) is 0 Å². The fraction of sp³-hybridized carbons (Fsp3) is 0.400. The highest BCUT2D eigenvalue weighted by molar-refractivity contribution is 5.57. The first-order chi connectivity index (χ1) is 14.7. The lowest BCUT2D eigenvalue weighted by molar-refractivity contribution is 0.198. The molecule has 154 valence electrons. The van der Waals surface area contributed by atoms with Gasteiger partial charge in [0, 0.05) is 67.4 Å². The Labute approximate surface area is 178 Å². The summed E-state index contributed by atoms with van der Waals surface area (Å²) in [7, 11) is 0. The van der Waals surface area contributed by atoms with Gasteiger partial charge < -0.3 is 4.90 Å². The van der Waals surface area contributed by atoms with Crippen LogP contribution in [0.4, 0.5) is 5.82 Å². The Morgan fingerprint density at radius 3 is 2.37 bits per heavy atom. The second-order valence-corrected chi connectivity index (χ2v) is 8.55. The van der Waals surface area contributed by atoms with Gasteiger partial charge in [-0.15, -0.1) is 0 Å². The molecule has 3 heterocycles. The summed E-state index contributed by atoms with van der Waals surface area (Å²) >= 11 is 0. The Bertz CT molecular complexity index is 990. The van der Waals surface area contributed by atoms with Crippen molar-refractivity contribution in [3.63, 3.8) is 0 Å². The normalized spacial score (nSPS) is 18.4. The van der Waals surface area contributed by atoms with Crippen LogP contribution < -0.4 is 4.90 Å². The third-order valence-corrected chi connectivity index (χ3v) is 6.35. The van der Waals surface area contributed by atoms with E-state index in [0.717, 1.165) is 49.1 Å². The Kier molecular flexibility index (Phi) is 5.21. The first-order valence-electron chi connectivity index (χ1n) is 11.0. The number of hydrogen-bond donors (Lipinski definition) is 0. The minimum absolute atomic E-state index is 0.437. The number of aromatic nitrogens is 3. The molecular weight excluding hydrogens is 370 g/mol. The van der Waals surface area contributed by atoms with Crippen LogP contribution in [0.15, 0.2) is 54.7 Å². The van der Waals surface area contributed by atoms with Crippen molar-refractivity contribution in [2.24, 2.45) is 0 Å². The van der Waals surface area contributed by atoms with Crippen molar-refractivity contribution in [3.8, 4) is 11.4 Å². The molecule has 2 aliphatic rings. The Balaban J connectivity index is 1.29. The van der Waals surface area contributed by atoms with Gasteiger partial charge in [-0.1, -0.05) is 30.3 Å². The Morgan fingerprint density at radius 1 is 0.933 bits per heavy atom. The number of pyridine rings is 1. The van der Waals surface area contributed by atoms with Crippen molar-refractivity contribution < 1.29 is 0 Å². The second-order valence-electron chi connectivity index (χ2n) is 8.55. The van der Waals surface area contributed by atoms with Crippen LogP contribution in [0.3, 0.4) is 0 Å². The summed E-state index contributed by atoms with van der Waals surface area (Å²) in [5, 5.41) is 0. The molecule has 2 fully saturated rings. The molecule has 5 rings (SSSR count). The summed E-state index contributed by atoms with van der Waals surface area (Å²) < 4.78 is 0. The molecule has 2 aromatic heterocycles. The molecule has 1 aliphatic carbocycles. The van der Waals surface area contributed by atoms with Gasteiger partial charge in [-0.2, -0.15) is 0 Å². The minimum Gasteiger partial charge on any atom is -0.354 e. The fourth-order valence-electron chi connectivity index (χ4n) is 4.28. The van der Waals surface area contributed by atoms with Crippen molar-refractivity contribution in [2.75, 3.05) is 31.1 Å². The van der Waals surface area contributed by atoms with Crippen LogP contribution in [-0.2, 0) is 0 Å². The van der Waals surface area contributed by atoms with Gasteiger partial charge in [0.05, 0.1) is 0 Å². The Hall–Kier alpha value is -2.79. The zero-order chi connectivity index (χ0) is 20.5. The predicted molar refractivity (Wildman–Crippen MR) is 121 cm³/mol. The number of anilines is 1. The number of nitrogens with zero attached hydrogens (tertiary/aromatic N) is 5. The molecule has 1 atom stereocenters. The van der Waals surface area contributed by atoms with Gasteiger partial charge in [-0.3, -0.25) is 9.88 Å². The third-order valence-electron chi connectivity index (χ3n) is 6.35. The molecule has 1 saturated heterocycles. The first kappa shape index (κ1) is 19.2. The number of hydrogen-bond acceptors (Lipinski definition) is 5. The highest BCUT2D eigenvalue weighted by atomic mass is 15.3. The fourth-order valence-corrected chi connectivity index (χ4v) is 4.28. The van der Waals surface area contributed by atoms with E-state index in [0.29, 0.717) is 12.0 Å². The SMILES string of the molecule is Cc1cc(N2CCN(C(C)c3ccccc3)CC2)nc(-c2ccc(C3CC3)nc2)n1. The maximum absolute atomic E-state index is 4.90. The monoisotopic (exact) mass is 399 g/mol. The van der Waals surface area contributed by atoms with Crippen LogP contribution in [0, 0.1) is 6.92 Å². The van der Waals surface area contributed by atoms with E-state index < -0.39 is 0 Å². The summed E-state index contributed by atoms with van der Waals surface area (Å²) in [5.41, 5.74) is 4.59. The topological polar surface area (TPSA) is 45.2 Å². The van der Waals surface area contributed by atoms with Gasteiger partial charge in [0.1, 0.15) is 5.82 Å². The smallest absolute Gasteiger partial charge is 0.163 e. The molecule has 1 unspecified atom stereocenters. The van der Waals surface area contributed by atoms with E-state index in [9.17, 15) is 0 Å². The van der Waals surface area contributed by atoms with Crippen LogP contribution in [0.1, 0.15) is 48.7 Å². The molecule has 5 heteroatoms. The molecule has 3 aromatic rings. The van der Waals surface area contributed by atoms with Gasteiger partial charge >= 0.3 is 0 Å². The number of piperazine rings is 1. The largest absolute Gasteiger partial charge is 0.354 e. The molecule has 1 saturated carbocycles. The van der Waals surface area contributed by atoms with Gasteiger partial charge in [-0.25, -0.2) is 9.97 Å². The van der Waals surface area contributed by atoms with Gasteiger partial charge in [-0.05, 0) is 44.4 Å². The van der Waals surface area contributed by atoms with E-state index in [2.05, 4.69) is 82.1 Å². The predicted octanol–water partition coefficient (Wildman–Crippen LogP) is 4.61. The molecule has 0 bridgehead atoms. The van der Waals surface area contributed by atoms with Crippen molar-refractivity contribution >= 4 is 5.82 Å². The average Bonchev–Trinajstić information content (AvgIpc) is 3.65. The lowest BCUT2D eigenvalue weighted by Crippen LogP contribution is -2.47. The summed E-state index contributed by atoms with van der Waals surface area (Å²) in [6.45, 7) is 8.38. The van der Waals surface area contributed by atoms with Gasteiger partial charge in [0.15, 0.2) is 5.82 Å². The number of rotatable bonds is 5. The molecule has 0 radical (unpaired) electrons. The molecule has 0 N–H and O–H groups in total. The highest BCUT2D eigenvalue weighted by Crippen LogP contribution is 2.39. The summed E-state index contributed by atoms with van der Waals surface area (Å²) in [6, 6.07) is 17.6. The van der Waals surface area contributed by atoms with Gasteiger partial charge in [0.2, 0.25) is 0 Å². The van der Waals surface area contributed by atoms with Crippen LogP contribution in [0.25, 0.3) is 11.4 Å². The minimum atomic E-state index is 0.437. The lowest BCUT2D eigenvalue weighted by Gasteiger charge is -2.38. The van der Waals surface area contributed by atoms with Crippen molar-refractivity contribution in [1.82, 2.24) is 19.9 Å². The molecule has 0 spiro atoms. The van der Waals surface area contributed by atoms with Crippen LogP contribution in [0.2, 0.25) is 0 Å². The highest BCUT2D eigenvalue weighted by Gasteiger charge is 2.25. The third kappa shape index (κ3) is 4.08. The number of benzene rings is 1. The van der Waals surface area contributed by atoms with Crippen LogP contribution in [-0.4, -0.2) is 46.0 Å². The molecule has 5 nitrogen and oxygen atoms in total. The average molecular weight is 400 g/mol. The standard InChI is InChI=1S/C25H29N5/c1-18-16-24(28-25(27-18)22-10-11-23(26-17-22)21-8-9-21)30-14-12-29(13-15-30)19(2)20-6-4-3-5-7-20/h3-7,10-11,16-17,19,21H,8-9,12-15H2,1-2H3. The molecular formula is C25H29N5. The van der Waals surface area contributed by atoms with Crippen molar-refractivity contribution in [1.29, 1.82) is 0 Å². The summed E-state index contributed by atoms with van der Waals surface area (Å²) in [4.78, 5) is 19.2. The van der Waals surface area contributed by atoms with Gasteiger partial charge in [0.25, 0.3) is 0 Å². The van der Waals surface area contributed by atoms with E-state index >= 15 is 0 Å². The molecule has 1 aromatic carbocycles. The maximum atomic E-state index is 4.90. The van der Waals surface area contributed by atoms with E-state index in [-0.39, 0.29) is 0 Å².